The maximum atomic E-state index is 13.6. The third kappa shape index (κ3) is 5.09. The molecule has 3 rings (SSSR count). The van der Waals surface area contributed by atoms with Crippen molar-refractivity contribution in [1.82, 2.24) is 9.80 Å². The summed E-state index contributed by atoms with van der Waals surface area (Å²) in [5.41, 5.74) is 1.75. The van der Waals surface area contributed by atoms with Crippen LogP contribution >= 0.6 is 0 Å². The quantitative estimate of drug-likeness (QED) is 0.348. The third-order valence-electron chi connectivity index (χ3n) is 6.04. The molecule has 33 heavy (non-hydrogen) atoms. The number of hydrogen-bond donors (Lipinski definition) is 1. The summed E-state index contributed by atoms with van der Waals surface area (Å²) in [5, 5.41) is 11.2. The summed E-state index contributed by atoms with van der Waals surface area (Å²) >= 11 is 0. The zero-order valence-corrected chi connectivity index (χ0v) is 19.6. The predicted molar refractivity (Wildman–Crippen MR) is 126 cm³/mol. The molecule has 1 aliphatic heterocycles. The number of aliphatic hydroxyl groups excluding tert-OH is 1. The SMILES string of the molecule is CCOc1ccc(C(O)=C2C(=O)C(=O)N(CCN(CC)CC)[C@@H]2c2ccc(F)cc2)c(C)c1. The molecule has 0 saturated carbocycles. The number of benzene rings is 2. The average molecular weight is 455 g/mol. The standard InChI is InChI=1S/C26H31FN2O4/c1-5-28(6-2)14-15-29-23(18-8-10-19(27)11-9-18)22(25(31)26(29)32)24(30)21-13-12-20(33-7-3)16-17(21)4/h8-13,16,23,30H,5-7,14-15H2,1-4H3/t23-/m1/s1. The van der Waals surface area contributed by atoms with Gasteiger partial charge in [-0.1, -0.05) is 26.0 Å². The molecule has 1 aliphatic rings. The lowest BCUT2D eigenvalue weighted by atomic mass is 9.94. The van der Waals surface area contributed by atoms with Crippen molar-refractivity contribution in [3.63, 3.8) is 0 Å². The van der Waals surface area contributed by atoms with Gasteiger partial charge in [-0.2, -0.15) is 0 Å². The number of hydrogen-bond acceptors (Lipinski definition) is 5. The number of likely N-dealkylation sites (tertiary alicyclic amines) is 1. The Balaban J connectivity index is 2.10. The highest BCUT2D eigenvalue weighted by molar-refractivity contribution is 6.46. The van der Waals surface area contributed by atoms with Gasteiger partial charge in [0.15, 0.2) is 0 Å². The first-order chi connectivity index (χ1) is 15.8. The number of amides is 1. The summed E-state index contributed by atoms with van der Waals surface area (Å²) in [6.07, 6.45) is 0. The van der Waals surface area contributed by atoms with Crippen molar-refractivity contribution in [2.45, 2.75) is 33.7 Å². The van der Waals surface area contributed by atoms with Gasteiger partial charge >= 0.3 is 0 Å². The highest BCUT2D eigenvalue weighted by atomic mass is 19.1. The van der Waals surface area contributed by atoms with Gasteiger partial charge in [0, 0.05) is 18.7 Å². The second-order valence-corrected chi connectivity index (χ2v) is 7.98. The van der Waals surface area contributed by atoms with E-state index in [9.17, 15) is 19.1 Å². The monoisotopic (exact) mass is 454 g/mol. The van der Waals surface area contributed by atoms with Gasteiger partial charge in [0.05, 0.1) is 18.2 Å². The topological polar surface area (TPSA) is 70.1 Å². The van der Waals surface area contributed by atoms with E-state index in [0.717, 1.165) is 13.1 Å². The minimum Gasteiger partial charge on any atom is -0.507 e. The van der Waals surface area contributed by atoms with E-state index in [2.05, 4.69) is 4.90 Å². The van der Waals surface area contributed by atoms with Crippen LogP contribution in [0.25, 0.3) is 5.76 Å². The largest absolute Gasteiger partial charge is 0.507 e. The van der Waals surface area contributed by atoms with Crippen LogP contribution in [-0.2, 0) is 9.59 Å². The number of likely N-dealkylation sites (N-methyl/N-ethyl adjacent to an activating group) is 1. The lowest BCUT2D eigenvalue weighted by Crippen LogP contribution is -2.38. The Morgan fingerprint density at radius 3 is 2.33 bits per heavy atom. The Morgan fingerprint density at radius 1 is 1.09 bits per heavy atom. The molecule has 0 aliphatic carbocycles. The second-order valence-electron chi connectivity index (χ2n) is 7.98. The summed E-state index contributed by atoms with van der Waals surface area (Å²) in [7, 11) is 0. The van der Waals surface area contributed by atoms with E-state index in [1.807, 2.05) is 20.8 Å². The van der Waals surface area contributed by atoms with E-state index in [-0.39, 0.29) is 11.3 Å². The molecule has 0 unspecified atom stereocenters. The van der Waals surface area contributed by atoms with Crippen molar-refractivity contribution < 1.29 is 23.8 Å². The van der Waals surface area contributed by atoms with Crippen molar-refractivity contribution in [3.8, 4) is 5.75 Å². The molecule has 1 heterocycles. The molecule has 1 atom stereocenters. The second kappa shape index (κ2) is 10.6. The Morgan fingerprint density at radius 2 is 1.76 bits per heavy atom. The van der Waals surface area contributed by atoms with Crippen LogP contribution in [0.3, 0.4) is 0 Å². The lowest BCUT2D eigenvalue weighted by molar-refractivity contribution is -0.140. The molecule has 0 bridgehead atoms. The van der Waals surface area contributed by atoms with E-state index in [0.29, 0.717) is 42.1 Å². The molecule has 176 valence electrons. The Hall–Kier alpha value is -3.19. The summed E-state index contributed by atoms with van der Waals surface area (Å²) in [5.74, 6) is -1.41. The zero-order chi connectivity index (χ0) is 24.1. The van der Waals surface area contributed by atoms with Gasteiger partial charge in [-0.05, 0) is 68.4 Å². The molecule has 1 amide bonds. The van der Waals surface area contributed by atoms with Crippen LogP contribution in [0.2, 0.25) is 0 Å². The maximum absolute atomic E-state index is 13.6. The summed E-state index contributed by atoms with van der Waals surface area (Å²) in [6, 6.07) is 10.1. The van der Waals surface area contributed by atoms with Crippen LogP contribution in [0.15, 0.2) is 48.0 Å². The van der Waals surface area contributed by atoms with Crippen LogP contribution in [0.1, 0.15) is 43.5 Å². The smallest absolute Gasteiger partial charge is 0.295 e. The minimum atomic E-state index is -0.799. The van der Waals surface area contributed by atoms with Crippen LogP contribution in [0.4, 0.5) is 4.39 Å². The molecule has 1 saturated heterocycles. The maximum Gasteiger partial charge on any atom is 0.295 e. The lowest BCUT2D eigenvalue weighted by Gasteiger charge is -2.28. The van der Waals surface area contributed by atoms with Crippen LogP contribution in [-0.4, -0.2) is 59.4 Å². The van der Waals surface area contributed by atoms with Crippen molar-refractivity contribution in [1.29, 1.82) is 0 Å². The van der Waals surface area contributed by atoms with Crippen molar-refractivity contribution in [2.24, 2.45) is 0 Å². The molecular weight excluding hydrogens is 423 g/mol. The number of ketones is 1. The molecule has 2 aromatic carbocycles. The van der Waals surface area contributed by atoms with Gasteiger partial charge in [0.2, 0.25) is 0 Å². The first kappa shape index (κ1) is 24.5. The van der Waals surface area contributed by atoms with Gasteiger partial charge < -0.3 is 19.6 Å². The third-order valence-corrected chi connectivity index (χ3v) is 6.04. The van der Waals surface area contributed by atoms with Crippen LogP contribution < -0.4 is 4.74 Å². The van der Waals surface area contributed by atoms with Crippen LogP contribution in [0, 0.1) is 12.7 Å². The molecule has 7 heteroatoms. The molecule has 0 aromatic heterocycles. The van der Waals surface area contributed by atoms with Crippen LogP contribution in [0.5, 0.6) is 5.75 Å². The van der Waals surface area contributed by atoms with Crippen molar-refractivity contribution in [3.05, 3.63) is 70.5 Å². The first-order valence-electron chi connectivity index (χ1n) is 11.3. The number of rotatable bonds is 9. The van der Waals surface area contributed by atoms with Gasteiger partial charge in [0.1, 0.15) is 17.3 Å². The number of carbonyl (C=O) groups excluding carboxylic acids is 2. The number of halogens is 1. The number of aryl methyl sites for hydroxylation is 1. The molecule has 0 radical (unpaired) electrons. The molecule has 2 aromatic rings. The zero-order valence-electron chi connectivity index (χ0n) is 19.6. The predicted octanol–water partition coefficient (Wildman–Crippen LogP) is 4.30. The Bertz CT molecular complexity index is 1040. The molecule has 0 spiro atoms. The fraction of sp³-hybridized carbons (Fsp3) is 0.385. The Labute approximate surface area is 194 Å². The summed E-state index contributed by atoms with van der Waals surface area (Å²) in [4.78, 5) is 29.8. The van der Waals surface area contributed by atoms with E-state index in [4.69, 9.17) is 4.74 Å². The highest BCUT2D eigenvalue weighted by Crippen LogP contribution is 2.40. The summed E-state index contributed by atoms with van der Waals surface area (Å²) < 4.78 is 19.1. The molecule has 1 N–H and O–H groups in total. The number of carbonyl (C=O) groups is 2. The summed E-state index contributed by atoms with van der Waals surface area (Å²) in [6.45, 7) is 10.8. The number of nitrogens with zero attached hydrogens (tertiary/aromatic N) is 2. The normalized spacial score (nSPS) is 17.8. The highest BCUT2D eigenvalue weighted by Gasteiger charge is 2.46. The number of Topliss-reactive ketones (excluding diaryl/α,β-unsaturated/α-hetero) is 1. The van der Waals surface area contributed by atoms with Gasteiger partial charge in [-0.3, -0.25) is 9.59 Å². The first-order valence-corrected chi connectivity index (χ1v) is 11.3. The molecule has 1 fully saturated rings. The van der Waals surface area contributed by atoms with Gasteiger partial charge in [0.25, 0.3) is 11.7 Å². The fourth-order valence-electron chi connectivity index (χ4n) is 4.19. The van der Waals surface area contributed by atoms with E-state index >= 15 is 0 Å². The number of aliphatic hydroxyl groups is 1. The van der Waals surface area contributed by atoms with Crippen molar-refractivity contribution >= 4 is 17.4 Å². The minimum absolute atomic E-state index is 0.0124. The van der Waals surface area contributed by atoms with E-state index in [1.54, 1.807) is 37.3 Å². The van der Waals surface area contributed by atoms with Gasteiger partial charge in [-0.25, -0.2) is 4.39 Å². The molecular formula is C26H31FN2O4. The number of ether oxygens (including phenoxy) is 1. The van der Waals surface area contributed by atoms with E-state index < -0.39 is 23.5 Å². The fourth-order valence-corrected chi connectivity index (χ4v) is 4.19. The average Bonchev–Trinajstić information content (AvgIpc) is 3.05. The molecule has 6 nitrogen and oxygen atoms in total. The van der Waals surface area contributed by atoms with Gasteiger partial charge in [-0.15, -0.1) is 0 Å². The Kier molecular flexibility index (Phi) is 7.87. The van der Waals surface area contributed by atoms with E-state index in [1.165, 1.54) is 17.0 Å². The van der Waals surface area contributed by atoms with Crippen molar-refractivity contribution in [2.75, 3.05) is 32.8 Å².